The Bertz CT molecular complexity index is 998. The standard InChI is InChI=1S/C24H29N3OS/c1-29(28)14-11-23(18-29)27(22-9-3-2-4-10-22)25-17-19-15-20-7-5-12-26-13-6-8-21(16-19)24(20)26/h2-4,9-10,15-17,23H,1,5-8,11-14,18H2/b25-17-. The summed E-state index contributed by atoms with van der Waals surface area (Å²) in [5.41, 5.74) is 6.67. The van der Waals surface area contributed by atoms with Crippen LogP contribution in [-0.4, -0.2) is 46.9 Å². The van der Waals surface area contributed by atoms with Crippen LogP contribution in [0.25, 0.3) is 0 Å². The van der Waals surface area contributed by atoms with E-state index >= 15 is 0 Å². The Labute approximate surface area is 174 Å². The Morgan fingerprint density at radius 3 is 2.41 bits per heavy atom. The maximum atomic E-state index is 12.5. The van der Waals surface area contributed by atoms with Crippen LogP contribution in [0.15, 0.2) is 47.6 Å². The number of hydrogen-bond acceptors (Lipinski definition) is 4. The van der Waals surface area contributed by atoms with Crippen LogP contribution in [0.1, 0.15) is 36.0 Å². The van der Waals surface area contributed by atoms with Gasteiger partial charge in [-0.25, -0.2) is 0 Å². The molecule has 0 radical (unpaired) electrons. The zero-order valence-electron chi connectivity index (χ0n) is 16.9. The Hall–Kier alpha value is -2.27. The predicted molar refractivity (Wildman–Crippen MR) is 125 cm³/mol. The van der Waals surface area contributed by atoms with Gasteiger partial charge in [0.25, 0.3) is 0 Å². The Morgan fingerprint density at radius 1 is 1.10 bits per heavy atom. The van der Waals surface area contributed by atoms with Crippen LogP contribution < -0.4 is 9.91 Å². The first kappa shape index (κ1) is 18.7. The minimum atomic E-state index is -1.97. The molecule has 3 heterocycles. The molecule has 152 valence electrons. The van der Waals surface area contributed by atoms with Gasteiger partial charge in [-0.2, -0.15) is 5.10 Å². The van der Waals surface area contributed by atoms with E-state index in [0.29, 0.717) is 11.5 Å². The van der Waals surface area contributed by atoms with Crippen molar-refractivity contribution < 1.29 is 4.21 Å². The van der Waals surface area contributed by atoms with Gasteiger partial charge in [0.15, 0.2) is 0 Å². The summed E-state index contributed by atoms with van der Waals surface area (Å²) in [5.74, 6) is 5.25. The lowest BCUT2D eigenvalue weighted by Gasteiger charge is -2.37. The van der Waals surface area contributed by atoms with Gasteiger partial charge in [0, 0.05) is 30.3 Å². The molecule has 5 heteroatoms. The van der Waals surface area contributed by atoms with Crippen LogP contribution >= 0.6 is 0 Å². The molecule has 0 bridgehead atoms. The van der Waals surface area contributed by atoms with Crippen molar-refractivity contribution >= 4 is 33.0 Å². The van der Waals surface area contributed by atoms with Crippen molar-refractivity contribution in [1.29, 1.82) is 0 Å². The van der Waals surface area contributed by atoms with E-state index < -0.39 is 9.52 Å². The average Bonchev–Trinajstić information content (AvgIpc) is 3.09. The smallest absolute Gasteiger partial charge is 0.0644 e. The van der Waals surface area contributed by atoms with Crippen molar-refractivity contribution in [1.82, 2.24) is 0 Å². The Balaban J connectivity index is 1.48. The summed E-state index contributed by atoms with van der Waals surface area (Å²) in [6, 6.07) is 15.0. The van der Waals surface area contributed by atoms with Gasteiger partial charge in [-0.05, 0) is 88.5 Å². The number of anilines is 2. The monoisotopic (exact) mass is 407 g/mol. The molecule has 2 atom stereocenters. The zero-order chi connectivity index (χ0) is 19.8. The van der Waals surface area contributed by atoms with Crippen molar-refractivity contribution in [2.75, 3.05) is 34.5 Å². The van der Waals surface area contributed by atoms with Gasteiger partial charge in [0.05, 0.1) is 17.9 Å². The van der Waals surface area contributed by atoms with E-state index in [1.54, 1.807) is 0 Å². The Kier molecular flexibility index (Phi) is 4.86. The molecule has 3 aliphatic heterocycles. The van der Waals surface area contributed by atoms with Gasteiger partial charge in [-0.1, -0.05) is 18.2 Å². The lowest BCUT2D eigenvalue weighted by Crippen LogP contribution is -2.34. The highest BCUT2D eigenvalue weighted by Gasteiger charge is 2.29. The molecule has 0 amide bonds. The first-order valence-electron chi connectivity index (χ1n) is 10.7. The minimum Gasteiger partial charge on any atom is -0.371 e. The van der Waals surface area contributed by atoms with Crippen LogP contribution in [0.3, 0.4) is 0 Å². The van der Waals surface area contributed by atoms with Crippen molar-refractivity contribution in [3.05, 3.63) is 59.2 Å². The summed E-state index contributed by atoms with van der Waals surface area (Å²) in [6.07, 6.45) is 7.68. The van der Waals surface area contributed by atoms with E-state index in [4.69, 9.17) is 5.10 Å². The van der Waals surface area contributed by atoms with Crippen molar-refractivity contribution in [3.63, 3.8) is 0 Å². The lowest BCUT2D eigenvalue weighted by molar-refractivity contribution is 0.634. The number of benzene rings is 2. The fraction of sp³-hybridized carbons (Fsp3) is 0.417. The third-order valence-electron chi connectivity index (χ3n) is 6.37. The number of para-hydroxylation sites is 1. The fourth-order valence-corrected chi connectivity index (χ4v) is 6.92. The summed E-state index contributed by atoms with van der Waals surface area (Å²) >= 11 is 0. The number of nitrogens with zero attached hydrogens (tertiary/aromatic N) is 3. The largest absolute Gasteiger partial charge is 0.371 e. The molecule has 0 aliphatic carbocycles. The molecule has 1 fully saturated rings. The molecule has 1 saturated heterocycles. The van der Waals surface area contributed by atoms with Crippen molar-refractivity contribution in [2.24, 2.45) is 5.10 Å². The third-order valence-corrected chi connectivity index (χ3v) is 8.34. The van der Waals surface area contributed by atoms with Crippen LogP contribution in [0.2, 0.25) is 0 Å². The van der Waals surface area contributed by atoms with Crippen LogP contribution in [0.5, 0.6) is 0 Å². The van der Waals surface area contributed by atoms with Gasteiger partial charge in [-0.3, -0.25) is 9.22 Å². The average molecular weight is 408 g/mol. The molecular weight excluding hydrogens is 378 g/mol. The molecule has 3 aliphatic rings. The molecule has 2 aromatic carbocycles. The van der Waals surface area contributed by atoms with Crippen LogP contribution in [-0.2, 0) is 22.4 Å². The maximum Gasteiger partial charge on any atom is 0.0644 e. The SMILES string of the molecule is C=S1(=O)CCC(N(/N=C\c2cc3c4c(c2)CCCN4CCC3)c2ccccc2)C1. The van der Waals surface area contributed by atoms with Crippen LogP contribution in [0.4, 0.5) is 11.4 Å². The second-order valence-electron chi connectivity index (χ2n) is 8.59. The van der Waals surface area contributed by atoms with E-state index in [9.17, 15) is 4.21 Å². The molecule has 0 spiro atoms. The predicted octanol–water partition coefficient (Wildman–Crippen LogP) is 3.71. The summed E-state index contributed by atoms with van der Waals surface area (Å²) < 4.78 is 12.5. The van der Waals surface area contributed by atoms with Gasteiger partial charge in [0.1, 0.15) is 0 Å². The molecular formula is C24H29N3OS. The van der Waals surface area contributed by atoms with E-state index in [0.717, 1.165) is 24.9 Å². The molecule has 0 aromatic heterocycles. The first-order valence-corrected chi connectivity index (χ1v) is 12.8. The van der Waals surface area contributed by atoms with Crippen molar-refractivity contribution in [3.8, 4) is 0 Å². The number of aryl methyl sites for hydroxylation is 2. The van der Waals surface area contributed by atoms with E-state index in [2.05, 4.69) is 40.0 Å². The zero-order valence-corrected chi connectivity index (χ0v) is 17.7. The molecule has 2 aromatic rings. The number of hydrazone groups is 1. The molecule has 4 nitrogen and oxygen atoms in total. The molecule has 0 N–H and O–H groups in total. The highest BCUT2D eigenvalue weighted by Crippen LogP contribution is 2.36. The first-order chi connectivity index (χ1) is 14.1. The summed E-state index contributed by atoms with van der Waals surface area (Å²) in [6.45, 7) is 2.39. The second kappa shape index (κ2) is 7.52. The highest BCUT2D eigenvalue weighted by atomic mass is 32.2. The van der Waals surface area contributed by atoms with Gasteiger partial charge in [0.2, 0.25) is 0 Å². The molecule has 0 saturated carbocycles. The molecule has 29 heavy (non-hydrogen) atoms. The molecule has 2 unspecified atom stereocenters. The van der Waals surface area contributed by atoms with E-state index in [1.165, 1.54) is 48.3 Å². The second-order valence-corrected chi connectivity index (χ2v) is 11.3. The quantitative estimate of drug-likeness (QED) is 0.440. The number of hydrogen-bond donors (Lipinski definition) is 0. The summed E-state index contributed by atoms with van der Waals surface area (Å²) in [5, 5.41) is 6.98. The summed E-state index contributed by atoms with van der Waals surface area (Å²) in [7, 11) is -1.97. The number of rotatable bonds is 4. The van der Waals surface area contributed by atoms with Gasteiger partial charge >= 0.3 is 0 Å². The highest BCUT2D eigenvalue weighted by molar-refractivity contribution is 8.00. The Morgan fingerprint density at radius 2 is 1.79 bits per heavy atom. The van der Waals surface area contributed by atoms with Crippen LogP contribution in [0, 0.1) is 0 Å². The normalized spacial score (nSPS) is 25.9. The fourth-order valence-electron chi connectivity index (χ4n) is 5.05. The van der Waals surface area contributed by atoms with Gasteiger partial charge < -0.3 is 4.90 Å². The molecule has 5 rings (SSSR count). The van der Waals surface area contributed by atoms with E-state index in [1.807, 2.05) is 24.4 Å². The summed E-state index contributed by atoms with van der Waals surface area (Å²) in [4.78, 5) is 2.57. The topological polar surface area (TPSA) is 35.9 Å². The lowest BCUT2D eigenvalue weighted by atomic mass is 9.90. The van der Waals surface area contributed by atoms with Gasteiger partial charge in [-0.15, -0.1) is 0 Å². The van der Waals surface area contributed by atoms with Crippen molar-refractivity contribution in [2.45, 2.75) is 38.1 Å². The maximum absolute atomic E-state index is 12.5. The minimum absolute atomic E-state index is 0.144. The third kappa shape index (κ3) is 3.80. The van der Waals surface area contributed by atoms with E-state index in [-0.39, 0.29) is 6.04 Å².